The van der Waals surface area contributed by atoms with E-state index in [0.717, 1.165) is 49.6 Å². The van der Waals surface area contributed by atoms with Gasteiger partial charge in [0.15, 0.2) is 0 Å². The molecule has 7 rings (SSSR count). The van der Waals surface area contributed by atoms with E-state index in [1.165, 1.54) is 9.79 Å². The summed E-state index contributed by atoms with van der Waals surface area (Å²) in [5.41, 5.74) is 6.25. The van der Waals surface area contributed by atoms with Crippen LogP contribution in [0.4, 0.5) is 0 Å². The summed E-state index contributed by atoms with van der Waals surface area (Å²) in [6.07, 6.45) is 0. The summed E-state index contributed by atoms with van der Waals surface area (Å²) >= 11 is 1.78. The highest BCUT2D eigenvalue weighted by molar-refractivity contribution is 7.99. The van der Waals surface area contributed by atoms with Crippen molar-refractivity contribution < 1.29 is 0 Å². The Morgan fingerprint density at radius 1 is 0.471 bits per heavy atom. The fraction of sp³-hybridized carbons (Fsp3) is 0. The van der Waals surface area contributed by atoms with E-state index < -0.39 is 0 Å². The van der Waals surface area contributed by atoms with Gasteiger partial charge in [-0.05, 0) is 40.8 Å². The second-order valence-electron chi connectivity index (χ2n) is 8.50. The molecule has 1 aromatic heterocycles. The fourth-order valence-electron chi connectivity index (χ4n) is 5.15. The molecule has 0 saturated carbocycles. The zero-order valence-corrected chi connectivity index (χ0v) is 19.0. The number of benzene rings is 5. The molecule has 0 spiro atoms. The minimum absolute atomic E-state index is 0.00573. The molecular formula is C31H19NOS. The molecule has 160 valence electrons. The number of para-hydroxylation sites is 2. The molecule has 5 aromatic carbocycles. The van der Waals surface area contributed by atoms with E-state index in [2.05, 4.69) is 91.0 Å². The van der Waals surface area contributed by atoms with Gasteiger partial charge in [-0.3, -0.25) is 9.36 Å². The van der Waals surface area contributed by atoms with Gasteiger partial charge >= 0.3 is 0 Å². The summed E-state index contributed by atoms with van der Waals surface area (Å²) in [6.45, 7) is 0. The number of nitrogens with zero attached hydrogens (tertiary/aromatic N) is 1. The summed E-state index contributed by atoms with van der Waals surface area (Å²) in [5.74, 6) is 0. The zero-order valence-electron chi connectivity index (χ0n) is 18.2. The Labute approximate surface area is 201 Å². The highest BCUT2D eigenvalue weighted by Gasteiger charge is 2.22. The standard InChI is InChI=1S/C31H19NOS/c33-31-26-14-2-1-10-20(26)24-15-9-16-25-23-13-5-8-19-29(23)34-28-18-7-4-12-22(28)21-11-3-6-17-27(21)32(31)30(24)25/h1-19H. The number of hydrogen-bond acceptors (Lipinski definition) is 2. The zero-order chi connectivity index (χ0) is 22.6. The molecule has 6 aromatic rings. The maximum atomic E-state index is 14.2. The van der Waals surface area contributed by atoms with Crippen molar-refractivity contribution in [2.45, 2.75) is 9.79 Å². The molecule has 0 bridgehead atoms. The lowest BCUT2D eigenvalue weighted by Crippen LogP contribution is -2.20. The van der Waals surface area contributed by atoms with Crippen molar-refractivity contribution in [3.05, 3.63) is 126 Å². The molecule has 1 aliphatic heterocycles. The molecule has 3 heteroatoms. The Morgan fingerprint density at radius 2 is 1.00 bits per heavy atom. The second kappa shape index (κ2) is 7.47. The molecule has 0 atom stereocenters. The molecule has 0 unspecified atom stereocenters. The summed E-state index contributed by atoms with van der Waals surface area (Å²) in [6, 6.07) is 39.6. The van der Waals surface area contributed by atoms with Crippen LogP contribution in [0.1, 0.15) is 0 Å². The Kier molecular flexibility index (Phi) is 4.26. The van der Waals surface area contributed by atoms with Crippen molar-refractivity contribution >= 4 is 33.4 Å². The quantitative estimate of drug-likeness (QED) is 0.217. The molecule has 0 saturated heterocycles. The number of pyridine rings is 1. The van der Waals surface area contributed by atoms with Crippen molar-refractivity contribution in [2.75, 3.05) is 0 Å². The highest BCUT2D eigenvalue weighted by atomic mass is 32.2. The molecule has 1 aliphatic rings. The third kappa shape index (κ3) is 2.74. The fourth-order valence-corrected chi connectivity index (χ4v) is 6.25. The minimum atomic E-state index is 0.00573. The predicted octanol–water partition coefficient (Wildman–Crippen LogP) is 7.94. The van der Waals surface area contributed by atoms with Crippen molar-refractivity contribution in [1.82, 2.24) is 4.57 Å². The lowest BCUT2D eigenvalue weighted by Gasteiger charge is -2.23. The third-order valence-electron chi connectivity index (χ3n) is 6.63. The van der Waals surface area contributed by atoms with E-state index in [1.54, 1.807) is 11.8 Å². The highest BCUT2D eigenvalue weighted by Crippen LogP contribution is 2.45. The molecule has 0 radical (unpaired) electrons. The monoisotopic (exact) mass is 453 g/mol. The Balaban J connectivity index is 1.80. The first kappa shape index (κ1) is 19.4. The number of fused-ring (bicyclic) bond motifs is 8. The molecule has 0 fully saturated rings. The Hall–Kier alpha value is -4.08. The van der Waals surface area contributed by atoms with Crippen molar-refractivity contribution in [3.63, 3.8) is 0 Å². The van der Waals surface area contributed by atoms with Gasteiger partial charge in [0.25, 0.3) is 5.56 Å². The van der Waals surface area contributed by atoms with E-state index in [0.29, 0.717) is 0 Å². The topological polar surface area (TPSA) is 22.0 Å². The van der Waals surface area contributed by atoms with Gasteiger partial charge in [0.05, 0.1) is 11.2 Å². The first-order chi connectivity index (χ1) is 16.8. The second-order valence-corrected chi connectivity index (χ2v) is 9.58. The predicted molar refractivity (Wildman–Crippen MR) is 142 cm³/mol. The molecule has 2 nitrogen and oxygen atoms in total. The number of hydrogen-bond donors (Lipinski definition) is 0. The van der Waals surface area contributed by atoms with Gasteiger partial charge in [-0.1, -0.05) is 103 Å². The van der Waals surface area contributed by atoms with Crippen LogP contribution in [0, 0.1) is 0 Å². The van der Waals surface area contributed by atoms with Gasteiger partial charge in [-0.25, -0.2) is 0 Å². The van der Waals surface area contributed by atoms with Gasteiger partial charge in [0, 0.05) is 31.7 Å². The smallest absolute Gasteiger partial charge is 0.263 e. The number of rotatable bonds is 0. The van der Waals surface area contributed by atoms with Crippen LogP contribution in [-0.2, 0) is 0 Å². The largest absolute Gasteiger partial charge is 0.275 e. The van der Waals surface area contributed by atoms with E-state index >= 15 is 0 Å². The van der Waals surface area contributed by atoms with Gasteiger partial charge in [-0.15, -0.1) is 0 Å². The normalized spacial score (nSPS) is 12.1. The van der Waals surface area contributed by atoms with E-state index in [9.17, 15) is 4.79 Å². The van der Waals surface area contributed by atoms with Gasteiger partial charge < -0.3 is 0 Å². The van der Waals surface area contributed by atoms with Gasteiger partial charge in [0.2, 0.25) is 0 Å². The summed E-state index contributed by atoms with van der Waals surface area (Å²) in [5, 5.41) is 2.80. The number of aromatic nitrogens is 1. The van der Waals surface area contributed by atoms with E-state index in [4.69, 9.17) is 0 Å². The van der Waals surface area contributed by atoms with Crippen LogP contribution in [0.2, 0.25) is 0 Å². The SMILES string of the molecule is O=c1c2ccccc2c2cccc3c2n1-c1ccccc1-c1ccccc1Sc1ccccc1-3. The van der Waals surface area contributed by atoms with Crippen LogP contribution in [0.15, 0.2) is 130 Å². The lowest BCUT2D eigenvalue weighted by molar-refractivity contribution is 1.06. The molecule has 2 heterocycles. The van der Waals surface area contributed by atoms with Crippen molar-refractivity contribution in [2.24, 2.45) is 0 Å². The van der Waals surface area contributed by atoms with Crippen LogP contribution < -0.4 is 5.56 Å². The maximum Gasteiger partial charge on any atom is 0.263 e. The van der Waals surface area contributed by atoms with Crippen LogP contribution in [0.25, 0.3) is 49.6 Å². The first-order valence-electron chi connectivity index (χ1n) is 11.3. The Morgan fingerprint density at radius 3 is 1.76 bits per heavy atom. The van der Waals surface area contributed by atoms with E-state index in [-0.39, 0.29) is 5.56 Å². The molecule has 34 heavy (non-hydrogen) atoms. The van der Waals surface area contributed by atoms with Gasteiger partial charge in [0.1, 0.15) is 0 Å². The molecule has 0 aliphatic carbocycles. The lowest BCUT2D eigenvalue weighted by atomic mass is 9.96. The van der Waals surface area contributed by atoms with E-state index in [1.807, 2.05) is 28.8 Å². The average Bonchev–Trinajstić information content (AvgIpc) is 2.89. The van der Waals surface area contributed by atoms with Crippen molar-refractivity contribution in [1.29, 1.82) is 0 Å². The summed E-state index contributed by atoms with van der Waals surface area (Å²) < 4.78 is 1.94. The maximum absolute atomic E-state index is 14.2. The summed E-state index contributed by atoms with van der Waals surface area (Å²) in [4.78, 5) is 16.5. The third-order valence-corrected chi connectivity index (χ3v) is 7.78. The average molecular weight is 454 g/mol. The molecule has 0 N–H and O–H groups in total. The molecular weight excluding hydrogens is 434 g/mol. The Bertz CT molecular complexity index is 1820. The molecule has 0 amide bonds. The van der Waals surface area contributed by atoms with Crippen LogP contribution in [0.5, 0.6) is 0 Å². The van der Waals surface area contributed by atoms with Crippen LogP contribution in [0.3, 0.4) is 0 Å². The van der Waals surface area contributed by atoms with Crippen LogP contribution >= 0.6 is 11.8 Å². The summed E-state index contributed by atoms with van der Waals surface area (Å²) in [7, 11) is 0. The van der Waals surface area contributed by atoms with Crippen LogP contribution in [-0.4, -0.2) is 4.57 Å². The van der Waals surface area contributed by atoms with Crippen molar-refractivity contribution in [3.8, 4) is 27.9 Å². The minimum Gasteiger partial charge on any atom is -0.275 e. The van der Waals surface area contributed by atoms with Gasteiger partial charge in [-0.2, -0.15) is 0 Å². The first-order valence-corrected chi connectivity index (χ1v) is 12.2.